The summed E-state index contributed by atoms with van der Waals surface area (Å²) >= 11 is 1.35. The number of hydrogen-bond donors (Lipinski definition) is 3. The Labute approximate surface area is 202 Å². The van der Waals surface area contributed by atoms with Gasteiger partial charge in [0.1, 0.15) is 29.5 Å². The van der Waals surface area contributed by atoms with Gasteiger partial charge >= 0.3 is 0 Å². The van der Waals surface area contributed by atoms with Crippen molar-refractivity contribution in [3.63, 3.8) is 0 Å². The Bertz CT molecular complexity index is 1320. The van der Waals surface area contributed by atoms with Crippen molar-refractivity contribution < 1.29 is 4.74 Å². The lowest BCUT2D eigenvalue weighted by atomic mass is 10.0. The Balaban J connectivity index is 1.80. The molecule has 4 N–H and O–H groups in total. The summed E-state index contributed by atoms with van der Waals surface area (Å²) in [6, 6.07) is 23.2. The van der Waals surface area contributed by atoms with Crippen LogP contribution in [0, 0.1) is 10.8 Å². The molecule has 1 atom stereocenters. The quantitative estimate of drug-likeness (QED) is 0.229. The van der Waals surface area contributed by atoms with Crippen LogP contribution in [-0.4, -0.2) is 27.9 Å². The van der Waals surface area contributed by atoms with Crippen molar-refractivity contribution in [2.75, 3.05) is 0 Å². The second kappa shape index (κ2) is 10.6. The molecular formula is C26H24N6OS. The van der Waals surface area contributed by atoms with Gasteiger partial charge in [-0.25, -0.2) is 9.98 Å². The van der Waals surface area contributed by atoms with Gasteiger partial charge in [-0.15, -0.1) is 11.3 Å². The fourth-order valence-electron chi connectivity index (χ4n) is 3.55. The molecule has 0 aliphatic rings. The maximum absolute atomic E-state index is 8.41. The van der Waals surface area contributed by atoms with Gasteiger partial charge in [0.25, 0.3) is 0 Å². The minimum atomic E-state index is -0.413. The molecule has 0 spiro atoms. The number of aromatic nitrogens is 2. The fraction of sp³-hybridized carbons (Fsp3) is 0.115. The van der Waals surface area contributed by atoms with Crippen LogP contribution in [0.2, 0.25) is 0 Å². The van der Waals surface area contributed by atoms with Crippen LogP contribution in [0.4, 0.5) is 0 Å². The summed E-state index contributed by atoms with van der Waals surface area (Å²) in [5, 5.41) is 16.5. The van der Waals surface area contributed by atoms with E-state index in [2.05, 4.69) is 9.98 Å². The molecule has 34 heavy (non-hydrogen) atoms. The lowest BCUT2D eigenvalue weighted by molar-refractivity contribution is 0.307. The molecular weight excluding hydrogens is 444 g/mol. The third-order valence-electron chi connectivity index (χ3n) is 5.12. The minimum absolute atomic E-state index is 0.189. The lowest BCUT2D eigenvalue weighted by Crippen LogP contribution is -2.13. The molecule has 0 aliphatic carbocycles. The first kappa shape index (κ1) is 23.0. The summed E-state index contributed by atoms with van der Waals surface area (Å²) in [5.41, 5.74) is 9.82. The zero-order valence-corrected chi connectivity index (χ0v) is 19.4. The van der Waals surface area contributed by atoms with E-state index in [4.69, 9.17) is 26.3 Å². The first-order valence-corrected chi connectivity index (χ1v) is 11.5. The van der Waals surface area contributed by atoms with Crippen LogP contribution in [0.5, 0.6) is 5.75 Å². The van der Waals surface area contributed by atoms with Gasteiger partial charge in [0.15, 0.2) is 0 Å². The fourth-order valence-corrected chi connectivity index (χ4v) is 4.72. The van der Waals surface area contributed by atoms with Crippen molar-refractivity contribution in [3.05, 3.63) is 100 Å². The number of nitrogens with one attached hydrogen (secondary N) is 2. The first-order valence-electron chi connectivity index (χ1n) is 10.6. The molecule has 2 aromatic heterocycles. The van der Waals surface area contributed by atoms with E-state index in [1.807, 2.05) is 72.8 Å². The Kier molecular flexibility index (Phi) is 7.19. The Morgan fingerprint density at radius 3 is 2.53 bits per heavy atom. The van der Waals surface area contributed by atoms with Crippen molar-refractivity contribution in [2.45, 2.75) is 19.4 Å². The van der Waals surface area contributed by atoms with E-state index in [-0.39, 0.29) is 5.84 Å². The van der Waals surface area contributed by atoms with E-state index in [9.17, 15) is 0 Å². The van der Waals surface area contributed by atoms with Gasteiger partial charge in [-0.1, -0.05) is 48.5 Å². The standard InChI is InChI=1S/C26H24N6OS/c1-17(28)22(20-12-7-8-14-30-20)26-32-23(24(34-26)25(29)31-16-27)19-11-5-6-13-21(19)33-15-18-9-3-2-4-10-18/h2-14,16,22,28H,15H2,1H3,(H3,27,29,31). The van der Waals surface area contributed by atoms with Crippen molar-refractivity contribution in [2.24, 2.45) is 10.7 Å². The van der Waals surface area contributed by atoms with Gasteiger partial charge in [-0.3, -0.25) is 10.4 Å². The second-order valence-corrected chi connectivity index (χ2v) is 8.54. The van der Waals surface area contributed by atoms with Crippen molar-refractivity contribution >= 4 is 29.2 Å². The van der Waals surface area contributed by atoms with Crippen molar-refractivity contribution in [3.8, 4) is 17.0 Å². The third-order valence-corrected chi connectivity index (χ3v) is 6.27. The molecule has 2 heterocycles. The van der Waals surface area contributed by atoms with Crippen LogP contribution in [0.3, 0.4) is 0 Å². The number of pyridine rings is 1. The monoisotopic (exact) mass is 468 g/mol. The molecule has 4 aromatic rings. The highest BCUT2D eigenvalue weighted by molar-refractivity contribution is 7.14. The van der Waals surface area contributed by atoms with Crippen molar-refractivity contribution in [1.29, 1.82) is 10.8 Å². The number of para-hydroxylation sites is 1. The van der Waals surface area contributed by atoms with Crippen LogP contribution in [-0.2, 0) is 6.61 Å². The maximum atomic E-state index is 8.41. The van der Waals surface area contributed by atoms with E-state index in [1.165, 1.54) is 11.3 Å². The number of amidine groups is 1. The maximum Gasteiger partial charge on any atom is 0.144 e. The topological polar surface area (TPSA) is 121 Å². The number of hydrogen-bond acceptors (Lipinski definition) is 6. The van der Waals surface area contributed by atoms with E-state index in [0.29, 0.717) is 33.6 Å². The predicted molar refractivity (Wildman–Crippen MR) is 137 cm³/mol. The number of aliphatic imine (C=N–C) groups is 1. The smallest absolute Gasteiger partial charge is 0.144 e. The average Bonchev–Trinajstić information content (AvgIpc) is 3.29. The number of nitrogens with two attached hydrogens (primary N) is 1. The molecule has 0 saturated heterocycles. The zero-order chi connectivity index (χ0) is 23.9. The highest BCUT2D eigenvalue weighted by atomic mass is 32.1. The molecule has 0 amide bonds. The molecule has 1 unspecified atom stereocenters. The summed E-state index contributed by atoms with van der Waals surface area (Å²) in [6.45, 7) is 2.15. The molecule has 170 valence electrons. The summed E-state index contributed by atoms with van der Waals surface area (Å²) in [4.78, 5) is 14.0. The second-order valence-electron chi connectivity index (χ2n) is 7.51. The number of ether oxygens (including phenoxy) is 1. The third kappa shape index (κ3) is 5.07. The Morgan fingerprint density at radius 1 is 1.09 bits per heavy atom. The van der Waals surface area contributed by atoms with Crippen molar-refractivity contribution in [1.82, 2.24) is 9.97 Å². The van der Waals surface area contributed by atoms with Gasteiger partial charge in [-0.05, 0) is 36.8 Å². The van der Waals surface area contributed by atoms with Gasteiger partial charge < -0.3 is 15.9 Å². The van der Waals surface area contributed by atoms with Crippen LogP contribution >= 0.6 is 11.3 Å². The van der Waals surface area contributed by atoms with Crippen LogP contribution < -0.4 is 10.5 Å². The molecule has 0 fully saturated rings. The molecule has 7 nitrogen and oxygen atoms in total. The normalized spacial score (nSPS) is 12.2. The van der Waals surface area contributed by atoms with Crippen LogP contribution in [0.25, 0.3) is 11.3 Å². The highest BCUT2D eigenvalue weighted by Crippen LogP contribution is 2.38. The summed E-state index contributed by atoms with van der Waals surface area (Å²) in [5.74, 6) is 0.436. The molecule has 0 aliphatic heterocycles. The number of thiazole rings is 1. The molecule has 2 aromatic carbocycles. The minimum Gasteiger partial charge on any atom is -0.488 e. The summed E-state index contributed by atoms with van der Waals surface area (Å²) < 4.78 is 6.16. The molecule has 4 rings (SSSR count). The average molecular weight is 469 g/mol. The van der Waals surface area contributed by atoms with Gasteiger partial charge in [0.2, 0.25) is 0 Å². The zero-order valence-electron chi connectivity index (χ0n) is 18.6. The summed E-state index contributed by atoms with van der Waals surface area (Å²) in [6.07, 6.45) is 2.62. The number of rotatable bonds is 9. The lowest BCUT2D eigenvalue weighted by Gasteiger charge is -2.12. The molecule has 0 saturated carbocycles. The van der Waals surface area contributed by atoms with Gasteiger partial charge in [0, 0.05) is 17.5 Å². The van der Waals surface area contributed by atoms with Gasteiger partial charge in [-0.2, -0.15) is 0 Å². The predicted octanol–water partition coefficient (Wildman–Crippen LogP) is 5.27. The van der Waals surface area contributed by atoms with Crippen LogP contribution in [0.15, 0.2) is 84.0 Å². The Hall–Kier alpha value is -4.17. The van der Waals surface area contributed by atoms with E-state index in [0.717, 1.165) is 23.2 Å². The Morgan fingerprint density at radius 2 is 1.82 bits per heavy atom. The first-order chi connectivity index (χ1) is 16.6. The summed E-state index contributed by atoms with van der Waals surface area (Å²) in [7, 11) is 0. The number of benzene rings is 2. The SMILES string of the molecule is CC(=N)C(c1ccccn1)c1nc(-c2ccccc2OCc2ccccc2)c(C(N)=NC=N)s1. The molecule has 8 heteroatoms. The molecule has 0 bridgehead atoms. The van der Waals surface area contributed by atoms with Gasteiger partial charge in [0.05, 0.1) is 22.2 Å². The molecule has 0 radical (unpaired) electrons. The van der Waals surface area contributed by atoms with E-state index < -0.39 is 5.92 Å². The van der Waals surface area contributed by atoms with Crippen LogP contribution in [0.1, 0.15) is 34.0 Å². The van der Waals surface area contributed by atoms with E-state index >= 15 is 0 Å². The van der Waals surface area contributed by atoms with E-state index in [1.54, 1.807) is 13.1 Å². The largest absolute Gasteiger partial charge is 0.488 e. The highest BCUT2D eigenvalue weighted by Gasteiger charge is 2.26. The number of nitrogens with zero attached hydrogens (tertiary/aromatic N) is 3.